The van der Waals surface area contributed by atoms with Gasteiger partial charge < -0.3 is 20.1 Å². The molecule has 4 aliphatic heterocycles. The molecule has 0 amide bonds. The van der Waals surface area contributed by atoms with Crippen molar-refractivity contribution < 1.29 is 23.0 Å². The minimum atomic E-state index is -0.938. The van der Waals surface area contributed by atoms with Crippen LogP contribution in [0.4, 0.5) is 19.0 Å². The summed E-state index contributed by atoms with van der Waals surface area (Å²) < 4.78 is 52.6. The minimum absolute atomic E-state index is 0.0490. The Hall–Kier alpha value is -4.58. The zero-order chi connectivity index (χ0) is 31.7. The van der Waals surface area contributed by atoms with Crippen LogP contribution in [0.25, 0.3) is 32.9 Å². The number of ether oxygens (including phenoxy) is 1. The van der Waals surface area contributed by atoms with Crippen LogP contribution in [-0.4, -0.2) is 81.5 Å². The largest absolute Gasteiger partial charge is 0.508 e. The highest BCUT2D eigenvalue weighted by Gasteiger charge is 2.49. The van der Waals surface area contributed by atoms with E-state index in [0.717, 1.165) is 32.2 Å². The van der Waals surface area contributed by atoms with E-state index in [0.29, 0.717) is 37.3 Å². The van der Waals surface area contributed by atoms with Gasteiger partial charge >= 0.3 is 6.01 Å². The Morgan fingerprint density at radius 2 is 1.85 bits per heavy atom. The maximum Gasteiger partial charge on any atom is 0.319 e. The van der Waals surface area contributed by atoms with Crippen molar-refractivity contribution in [1.29, 1.82) is 0 Å². The van der Waals surface area contributed by atoms with E-state index < -0.39 is 23.3 Å². The van der Waals surface area contributed by atoms with Crippen molar-refractivity contribution in [3.05, 3.63) is 47.2 Å². The van der Waals surface area contributed by atoms with Crippen molar-refractivity contribution >= 4 is 27.5 Å². The first kappa shape index (κ1) is 28.9. The van der Waals surface area contributed by atoms with Gasteiger partial charge in [0.15, 0.2) is 5.82 Å². The molecule has 0 spiro atoms. The summed E-state index contributed by atoms with van der Waals surface area (Å²) in [4.78, 5) is 18.1. The molecular formula is C35H31F3N6O2. The molecule has 4 fully saturated rings. The number of anilines is 1. The van der Waals surface area contributed by atoms with Gasteiger partial charge in [0.2, 0.25) is 0 Å². The molecule has 46 heavy (non-hydrogen) atoms. The Labute approximate surface area is 264 Å². The maximum atomic E-state index is 17.0. The van der Waals surface area contributed by atoms with Gasteiger partial charge in [-0.3, -0.25) is 4.90 Å². The SMILES string of the molecule is C#Cc1c(F)ccc2cc(O)cc(-c3nc(C#C)c4c(N5CC6CCC(C5)N6)nc(OC[C@@]56CCCN5C[C@H](F)C6)nc4c3F)c12. The van der Waals surface area contributed by atoms with E-state index in [4.69, 9.17) is 22.6 Å². The number of aromatic hydroxyl groups is 1. The number of nitrogens with zero attached hydrogens (tertiary/aromatic N) is 5. The second-order valence-electron chi connectivity index (χ2n) is 12.9. The van der Waals surface area contributed by atoms with Gasteiger partial charge in [-0.15, -0.1) is 12.8 Å². The lowest BCUT2D eigenvalue weighted by atomic mass is 9.95. The summed E-state index contributed by atoms with van der Waals surface area (Å²) in [5.41, 5.74) is -0.755. The van der Waals surface area contributed by atoms with Crippen molar-refractivity contribution in [2.45, 2.75) is 55.9 Å². The summed E-state index contributed by atoms with van der Waals surface area (Å²) in [6.45, 7) is 2.57. The number of piperazine rings is 1. The number of phenols is 1. The Morgan fingerprint density at radius 3 is 2.61 bits per heavy atom. The van der Waals surface area contributed by atoms with E-state index in [1.54, 1.807) is 0 Å². The first-order valence-corrected chi connectivity index (χ1v) is 15.6. The number of rotatable bonds is 5. The number of aromatic nitrogens is 3. The van der Waals surface area contributed by atoms with Crippen molar-refractivity contribution in [3.63, 3.8) is 0 Å². The average Bonchev–Trinajstić information content (AvgIpc) is 3.70. The molecule has 2 aromatic carbocycles. The molecule has 0 aliphatic carbocycles. The number of halogens is 3. The van der Waals surface area contributed by atoms with E-state index in [1.165, 1.54) is 24.3 Å². The lowest BCUT2D eigenvalue weighted by Gasteiger charge is -2.34. The molecule has 8 rings (SSSR count). The summed E-state index contributed by atoms with van der Waals surface area (Å²) >= 11 is 0. The number of terminal acetylenes is 2. The number of benzene rings is 2. The lowest BCUT2D eigenvalue weighted by molar-refractivity contribution is 0.107. The predicted octanol–water partition coefficient (Wildman–Crippen LogP) is 4.69. The van der Waals surface area contributed by atoms with Crippen molar-refractivity contribution in [3.8, 4) is 47.7 Å². The third kappa shape index (κ3) is 4.52. The Kier molecular flexibility index (Phi) is 6.75. The molecule has 11 heteroatoms. The summed E-state index contributed by atoms with van der Waals surface area (Å²) in [6, 6.07) is 5.78. The summed E-state index contributed by atoms with van der Waals surface area (Å²) in [6.07, 6.45) is 14.9. The first-order valence-electron chi connectivity index (χ1n) is 15.6. The number of phenolic OH excluding ortho intramolecular Hbond substituents is 1. The van der Waals surface area contributed by atoms with Crippen LogP contribution >= 0.6 is 0 Å². The molecule has 0 radical (unpaired) electrons. The predicted molar refractivity (Wildman–Crippen MR) is 168 cm³/mol. The molecule has 2 N–H and O–H groups in total. The van der Waals surface area contributed by atoms with Gasteiger partial charge in [0.25, 0.3) is 0 Å². The van der Waals surface area contributed by atoms with Crippen LogP contribution in [0, 0.1) is 36.3 Å². The van der Waals surface area contributed by atoms with Gasteiger partial charge in [0, 0.05) is 49.1 Å². The first-order chi connectivity index (χ1) is 22.3. The number of fused-ring (bicyclic) bond motifs is 5. The highest BCUT2D eigenvalue weighted by molar-refractivity contribution is 6.04. The zero-order valence-electron chi connectivity index (χ0n) is 25.0. The van der Waals surface area contributed by atoms with Crippen LogP contribution in [0.5, 0.6) is 11.8 Å². The van der Waals surface area contributed by atoms with Gasteiger partial charge in [-0.25, -0.2) is 18.2 Å². The summed E-state index contributed by atoms with van der Waals surface area (Å²) in [5, 5.41) is 15.1. The van der Waals surface area contributed by atoms with Crippen molar-refractivity contribution in [2.24, 2.45) is 0 Å². The van der Waals surface area contributed by atoms with E-state index >= 15 is 4.39 Å². The molecule has 4 atom stereocenters. The minimum Gasteiger partial charge on any atom is -0.508 e. The van der Waals surface area contributed by atoms with Gasteiger partial charge in [-0.1, -0.05) is 12.0 Å². The molecule has 4 saturated heterocycles. The fourth-order valence-electron chi connectivity index (χ4n) is 8.08. The van der Waals surface area contributed by atoms with E-state index in [2.05, 4.69) is 36.9 Å². The maximum absolute atomic E-state index is 17.0. The van der Waals surface area contributed by atoms with Crippen LogP contribution in [0.3, 0.4) is 0 Å². The smallest absolute Gasteiger partial charge is 0.319 e. The second kappa shape index (κ2) is 10.8. The molecule has 4 aliphatic rings. The summed E-state index contributed by atoms with van der Waals surface area (Å²) in [5.74, 6) is 3.66. The molecular weight excluding hydrogens is 593 g/mol. The highest BCUT2D eigenvalue weighted by atomic mass is 19.1. The number of hydrogen-bond donors (Lipinski definition) is 2. The second-order valence-corrected chi connectivity index (χ2v) is 12.9. The fraction of sp³-hybridized carbons (Fsp3) is 0.400. The Morgan fingerprint density at radius 1 is 1.04 bits per heavy atom. The van der Waals surface area contributed by atoms with E-state index in [9.17, 15) is 13.9 Å². The molecule has 2 bridgehead atoms. The average molecular weight is 625 g/mol. The van der Waals surface area contributed by atoms with Crippen LogP contribution in [0.1, 0.15) is 43.4 Å². The van der Waals surface area contributed by atoms with Crippen LogP contribution in [-0.2, 0) is 0 Å². The quantitative estimate of drug-likeness (QED) is 0.310. The third-order valence-corrected chi connectivity index (χ3v) is 10.1. The van der Waals surface area contributed by atoms with Crippen LogP contribution in [0.15, 0.2) is 24.3 Å². The van der Waals surface area contributed by atoms with Gasteiger partial charge in [0.05, 0.1) is 16.5 Å². The molecule has 2 unspecified atom stereocenters. The molecule has 8 nitrogen and oxygen atoms in total. The van der Waals surface area contributed by atoms with Crippen molar-refractivity contribution in [1.82, 2.24) is 25.2 Å². The third-order valence-electron chi connectivity index (χ3n) is 10.1. The lowest BCUT2D eigenvalue weighted by Crippen LogP contribution is -2.51. The normalized spacial score (nSPS) is 25.6. The Balaban J connectivity index is 1.33. The van der Waals surface area contributed by atoms with Gasteiger partial charge in [-0.2, -0.15) is 9.97 Å². The highest BCUT2D eigenvalue weighted by Crippen LogP contribution is 2.42. The molecule has 0 saturated carbocycles. The van der Waals surface area contributed by atoms with Gasteiger partial charge in [0.1, 0.15) is 47.1 Å². The number of pyridine rings is 1. The summed E-state index contributed by atoms with van der Waals surface area (Å²) in [7, 11) is 0. The monoisotopic (exact) mass is 624 g/mol. The Bertz CT molecular complexity index is 2000. The standard InChI is InChI=1S/C35H31F3N6O2/c1-3-24-26(37)9-6-19-12-23(45)13-25(28(19)24)31-30(38)32-29(27(4-2)40-31)33(43-16-21-7-8-22(17-43)39-21)42-34(41-32)46-18-35-10-5-11-44(35)15-20(36)14-35/h1-2,6,9,12-13,20-22,39,45H,5,7-8,10-11,14-18H2/t20-,21?,22?,35+/m1/s1. The molecule has 6 heterocycles. The molecule has 2 aromatic heterocycles. The molecule has 234 valence electrons. The topological polar surface area (TPSA) is 86.6 Å². The van der Waals surface area contributed by atoms with Crippen LogP contribution in [0.2, 0.25) is 0 Å². The number of nitrogens with one attached hydrogen (secondary N) is 1. The van der Waals surface area contributed by atoms with E-state index in [-0.39, 0.29) is 69.3 Å². The van der Waals surface area contributed by atoms with Crippen LogP contribution < -0.4 is 15.0 Å². The van der Waals surface area contributed by atoms with E-state index in [1.807, 2.05) is 0 Å². The fourth-order valence-corrected chi connectivity index (χ4v) is 8.08. The van der Waals surface area contributed by atoms with Gasteiger partial charge in [-0.05, 0) is 61.7 Å². The zero-order valence-corrected chi connectivity index (χ0v) is 25.0. The number of alkyl halides is 1. The molecule has 4 aromatic rings. The number of hydrogen-bond acceptors (Lipinski definition) is 8. The van der Waals surface area contributed by atoms with Crippen molar-refractivity contribution in [2.75, 3.05) is 37.7 Å².